The minimum absolute atomic E-state index is 0.169. The van der Waals surface area contributed by atoms with Crippen molar-refractivity contribution in [2.75, 3.05) is 5.32 Å². The van der Waals surface area contributed by atoms with Crippen LogP contribution in [-0.2, 0) is 6.54 Å². The van der Waals surface area contributed by atoms with Gasteiger partial charge >= 0.3 is 0 Å². The summed E-state index contributed by atoms with van der Waals surface area (Å²) >= 11 is 0. The standard InChI is InChI=1S/C15H16N4O/c1-11(2)18-14-7-15(20)19(17-9-14)10-13-5-3-4-12(6-13)8-16/h3-7,9,11,18H,10H2,1-2H3. The highest BCUT2D eigenvalue weighted by molar-refractivity contribution is 5.39. The summed E-state index contributed by atoms with van der Waals surface area (Å²) in [4.78, 5) is 12.0. The molecular weight excluding hydrogens is 252 g/mol. The van der Waals surface area contributed by atoms with E-state index in [1.54, 1.807) is 24.4 Å². The van der Waals surface area contributed by atoms with Gasteiger partial charge in [-0.1, -0.05) is 12.1 Å². The lowest BCUT2D eigenvalue weighted by atomic mass is 10.1. The molecule has 2 aromatic rings. The third kappa shape index (κ3) is 3.45. The Hall–Kier alpha value is -2.61. The summed E-state index contributed by atoms with van der Waals surface area (Å²) in [5.74, 6) is 0. The third-order valence-corrected chi connectivity index (χ3v) is 2.71. The third-order valence-electron chi connectivity index (χ3n) is 2.71. The molecule has 1 N–H and O–H groups in total. The van der Waals surface area contributed by atoms with Crippen LogP contribution in [0.1, 0.15) is 25.0 Å². The van der Waals surface area contributed by atoms with Crippen LogP contribution < -0.4 is 10.9 Å². The Bertz CT molecular complexity index is 698. The van der Waals surface area contributed by atoms with E-state index < -0.39 is 0 Å². The monoisotopic (exact) mass is 268 g/mol. The molecular formula is C15H16N4O. The number of aromatic nitrogens is 2. The van der Waals surface area contributed by atoms with Gasteiger partial charge in [0.05, 0.1) is 30.1 Å². The highest BCUT2D eigenvalue weighted by atomic mass is 16.1. The smallest absolute Gasteiger partial charge is 0.269 e. The number of nitriles is 1. The maximum atomic E-state index is 12.0. The lowest BCUT2D eigenvalue weighted by Gasteiger charge is -2.10. The van der Waals surface area contributed by atoms with Crippen LogP contribution in [0.3, 0.4) is 0 Å². The molecule has 1 aromatic heterocycles. The molecule has 0 aliphatic carbocycles. The molecule has 20 heavy (non-hydrogen) atoms. The van der Waals surface area contributed by atoms with Gasteiger partial charge in [-0.25, -0.2) is 4.68 Å². The summed E-state index contributed by atoms with van der Waals surface area (Å²) in [7, 11) is 0. The molecule has 0 fully saturated rings. The van der Waals surface area contributed by atoms with Gasteiger partial charge in [0.25, 0.3) is 5.56 Å². The maximum absolute atomic E-state index is 12.0. The van der Waals surface area contributed by atoms with Crippen LogP contribution in [0.15, 0.2) is 41.3 Å². The molecule has 0 bridgehead atoms. The topological polar surface area (TPSA) is 70.7 Å². The molecule has 0 atom stereocenters. The fourth-order valence-electron chi connectivity index (χ4n) is 1.88. The van der Waals surface area contributed by atoms with E-state index in [2.05, 4.69) is 16.5 Å². The Labute approximate surface area is 117 Å². The van der Waals surface area contributed by atoms with Gasteiger partial charge in [0.1, 0.15) is 0 Å². The second-order valence-electron chi connectivity index (χ2n) is 4.85. The number of benzene rings is 1. The van der Waals surface area contributed by atoms with Crippen molar-refractivity contribution in [1.29, 1.82) is 5.26 Å². The van der Waals surface area contributed by atoms with Gasteiger partial charge in [0.2, 0.25) is 0 Å². The molecule has 0 amide bonds. The molecule has 5 nitrogen and oxygen atoms in total. The van der Waals surface area contributed by atoms with Gasteiger partial charge < -0.3 is 5.32 Å². The molecule has 2 rings (SSSR count). The van der Waals surface area contributed by atoms with Crippen LogP contribution in [0.5, 0.6) is 0 Å². The number of anilines is 1. The highest BCUT2D eigenvalue weighted by Crippen LogP contribution is 2.06. The molecule has 1 heterocycles. The molecule has 0 radical (unpaired) electrons. The molecule has 0 aliphatic rings. The van der Waals surface area contributed by atoms with Crippen molar-refractivity contribution in [2.24, 2.45) is 0 Å². The van der Waals surface area contributed by atoms with Crippen LogP contribution in [0.2, 0.25) is 0 Å². The van der Waals surface area contributed by atoms with E-state index in [1.807, 2.05) is 19.9 Å². The minimum Gasteiger partial charge on any atom is -0.381 e. The minimum atomic E-state index is -0.169. The van der Waals surface area contributed by atoms with Gasteiger partial charge in [0.15, 0.2) is 0 Å². The molecule has 0 saturated heterocycles. The molecule has 102 valence electrons. The van der Waals surface area contributed by atoms with Crippen LogP contribution in [0, 0.1) is 11.3 Å². The van der Waals surface area contributed by atoms with E-state index >= 15 is 0 Å². The Balaban J connectivity index is 2.22. The summed E-state index contributed by atoms with van der Waals surface area (Å²) in [5, 5.41) is 16.1. The van der Waals surface area contributed by atoms with Crippen molar-refractivity contribution in [3.05, 3.63) is 58.0 Å². The number of hydrogen-bond acceptors (Lipinski definition) is 4. The summed E-state index contributed by atoms with van der Waals surface area (Å²) < 4.78 is 1.38. The van der Waals surface area contributed by atoms with Crippen molar-refractivity contribution >= 4 is 5.69 Å². The highest BCUT2D eigenvalue weighted by Gasteiger charge is 2.03. The lowest BCUT2D eigenvalue weighted by molar-refractivity contribution is 0.639. The first-order valence-electron chi connectivity index (χ1n) is 6.41. The number of nitrogens with one attached hydrogen (secondary N) is 1. The van der Waals surface area contributed by atoms with Crippen LogP contribution in [0.4, 0.5) is 5.69 Å². The molecule has 1 aromatic carbocycles. The second-order valence-corrected chi connectivity index (χ2v) is 4.85. The Morgan fingerprint density at radius 2 is 2.20 bits per heavy atom. The maximum Gasteiger partial charge on any atom is 0.269 e. The molecule has 0 aliphatic heterocycles. The zero-order valence-corrected chi connectivity index (χ0v) is 11.5. The first-order chi connectivity index (χ1) is 9.58. The van der Waals surface area contributed by atoms with Crippen LogP contribution in [-0.4, -0.2) is 15.8 Å². The van der Waals surface area contributed by atoms with E-state index in [0.717, 1.165) is 5.56 Å². The average molecular weight is 268 g/mol. The lowest BCUT2D eigenvalue weighted by Crippen LogP contribution is -2.24. The summed E-state index contributed by atoms with van der Waals surface area (Å²) in [6.45, 7) is 4.36. The van der Waals surface area contributed by atoms with Crippen molar-refractivity contribution < 1.29 is 0 Å². The predicted octanol–water partition coefficient (Wildman–Crippen LogP) is 1.98. The van der Waals surface area contributed by atoms with Gasteiger partial charge in [-0.05, 0) is 31.5 Å². The van der Waals surface area contributed by atoms with E-state index in [1.165, 1.54) is 10.7 Å². The van der Waals surface area contributed by atoms with Crippen LogP contribution in [0.25, 0.3) is 0 Å². The Kier molecular flexibility index (Phi) is 4.16. The van der Waals surface area contributed by atoms with E-state index in [9.17, 15) is 4.79 Å². The predicted molar refractivity (Wildman–Crippen MR) is 77.5 cm³/mol. The number of hydrogen-bond donors (Lipinski definition) is 1. The molecule has 0 unspecified atom stereocenters. The van der Waals surface area contributed by atoms with Crippen molar-refractivity contribution in [3.63, 3.8) is 0 Å². The Morgan fingerprint density at radius 1 is 1.40 bits per heavy atom. The largest absolute Gasteiger partial charge is 0.381 e. The van der Waals surface area contributed by atoms with Gasteiger partial charge in [0, 0.05) is 12.1 Å². The van der Waals surface area contributed by atoms with E-state index in [0.29, 0.717) is 17.8 Å². The normalized spacial score (nSPS) is 10.3. The fraction of sp³-hybridized carbons (Fsp3) is 0.267. The first-order valence-corrected chi connectivity index (χ1v) is 6.41. The van der Waals surface area contributed by atoms with Crippen molar-refractivity contribution in [1.82, 2.24) is 9.78 Å². The number of rotatable bonds is 4. The quantitative estimate of drug-likeness (QED) is 0.920. The molecule has 5 heteroatoms. The summed E-state index contributed by atoms with van der Waals surface area (Å²) in [5.41, 5.74) is 2.00. The van der Waals surface area contributed by atoms with Crippen molar-refractivity contribution in [2.45, 2.75) is 26.4 Å². The average Bonchev–Trinajstić information content (AvgIpc) is 2.41. The second kappa shape index (κ2) is 6.02. The molecule has 0 saturated carbocycles. The number of nitrogens with zero attached hydrogens (tertiary/aromatic N) is 3. The van der Waals surface area contributed by atoms with Crippen LogP contribution >= 0.6 is 0 Å². The van der Waals surface area contributed by atoms with Gasteiger partial charge in [-0.3, -0.25) is 4.79 Å². The SMILES string of the molecule is CC(C)Nc1cnn(Cc2cccc(C#N)c2)c(=O)c1. The zero-order valence-electron chi connectivity index (χ0n) is 11.5. The summed E-state index contributed by atoms with van der Waals surface area (Å²) in [6.07, 6.45) is 1.63. The van der Waals surface area contributed by atoms with Crippen molar-refractivity contribution in [3.8, 4) is 6.07 Å². The van der Waals surface area contributed by atoms with E-state index in [-0.39, 0.29) is 11.6 Å². The fourth-order valence-corrected chi connectivity index (χ4v) is 1.88. The molecule has 0 spiro atoms. The van der Waals surface area contributed by atoms with Gasteiger partial charge in [-0.15, -0.1) is 0 Å². The summed E-state index contributed by atoms with van der Waals surface area (Å²) in [6, 6.07) is 11.0. The first kappa shape index (κ1) is 13.8. The zero-order chi connectivity index (χ0) is 14.5. The van der Waals surface area contributed by atoms with E-state index in [4.69, 9.17) is 5.26 Å². The Morgan fingerprint density at radius 3 is 2.85 bits per heavy atom. The van der Waals surface area contributed by atoms with Gasteiger partial charge in [-0.2, -0.15) is 10.4 Å².